The van der Waals surface area contributed by atoms with Crippen LogP contribution >= 0.6 is 0 Å². The number of rotatable bonds is 5. The fraction of sp³-hybridized carbons (Fsp3) is 0.381. The number of aryl methyl sites for hydroxylation is 3. The molecule has 0 bridgehead atoms. The van der Waals surface area contributed by atoms with Gasteiger partial charge in [0.25, 0.3) is 0 Å². The van der Waals surface area contributed by atoms with E-state index in [0.29, 0.717) is 6.61 Å². The van der Waals surface area contributed by atoms with Crippen LogP contribution < -0.4 is 0 Å². The third kappa shape index (κ3) is 3.21. The molecule has 5 nitrogen and oxygen atoms in total. The van der Waals surface area contributed by atoms with Crippen LogP contribution in [0, 0.1) is 13.8 Å². The first-order chi connectivity index (χ1) is 12.5. The summed E-state index contributed by atoms with van der Waals surface area (Å²) in [5.74, 6) is 0.497. The molecule has 1 unspecified atom stereocenters. The molecule has 1 atom stereocenters. The SMILES string of the molecule is CCOC(=O)C(C)c1ccc(-n2c(CC)nc3cc(C)c(C)nc32)cc1. The van der Waals surface area contributed by atoms with Crippen molar-refractivity contribution in [2.45, 2.75) is 47.0 Å². The number of carbonyl (C=O) groups is 1. The zero-order valence-corrected chi connectivity index (χ0v) is 16.0. The van der Waals surface area contributed by atoms with Crippen LogP contribution in [0.25, 0.3) is 16.9 Å². The van der Waals surface area contributed by atoms with E-state index in [2.05, 4.69) is 24.5 Å². The number of pyridine rings is 1. The van der Waals surface area contributed by atoms with Crippen LogP contribution in [0.5, 0.6) is 0 Å². The van der Waals surface area contributed by atoms with Gasteiger partial charge < -0.3 is 4.74 Å². The summed E-state index contributed by atoms with van der Waals surface area (Å²) >= 11 is 0. The molecule has 2 heterocycles. The van der Waals surface area contributed by atoms with Gasteiger partial charge in [-0.25, -0.2) is 9.97 Å². The zero-order valence-electron chi connectivity index (χ0n) is 16.0. The van der Waals surface area contributed by atoms with E-state index in [4.69, 9.17) is 14.7 Å². The molecular formula is C21H25N3O2. The molecule has 26 heavy (non-hydrogen) atoms. The van der Waals surface area contributed by atoms with Crippen molar-refractivity contribution in [3.63, 3.8) is 0 Å². The van der Waals surface area contributed by atoms with Gasteiger partial charge in [0.05, 0.1) is 12.5 Å². The van der Waals surface area contributed by atoms with E-state index < -0.39 is 0 Å². The average molecular weight is 351 g/mol. The van der Waals surface area contributed by atoms with E-state index in [1.807, 2.05) is 45.0 Å². The molecule has 3 aromatic rings. The maximum atomic E-state index is 12.0. The molecule has 136 valence electrons. The van der Waals surface area contributed by atoms with E-state index in [9.17, 15) is 4.79 Å². The Morgan fingerprint density at radius 3 is 2.46 bits per heavy atom. The average Bonchev–Trinajstić information content (AvgIpc) is 2.99. The quantitative estimate of drug-likeness (QED) is 0.644. The molecule has 2 aromatic heterocycles. The Morgan fingerprint density at radius 1 is 1.15 bits per heavy atom. The minimum absolute atomic E-state index is 0.199. The molecule has 0 N–H and O–H groups in total. The third-order valence-corrected chi connectivity index (χ3v) is 4.75. The van der Waals surface area contributed by atoms with E-state index in [0.717, 1.165) is 45.9 Å². The standard InChI is InChI=1S/C21H25N3O2/c1-6-19-23-18-12-13(3)15(5)22-20(18)24(19)17-10-8-16(9-11-17)14(4)21(25)26-7-2/h8-12,14H,6-7H2,1-5H3. The summed E-state index contributed by atoms with van der Waals surface area (Å²) in [7, 11) is 0. The second kappa shape index (κ2) is 7.28. The summed E-state index contributed by atoms with van der Waals surface area (Å²) in [6.07, 6.45) is 0.815. The summed E-state index contributed by atoms with van der Waals surface area (Å²) in [5.41, 5.74) is 5.87. The molecule has 0 saturated carbocycles. The fourth-order valence-corrected chi connectivity index (χ4v) is 3.06. The number of benzene rings is 1. The van der Waals surface area contributed by atoms with Crippen molar-refractivity contribution in [2.24, 2.45) is 0 Å². The topological polar surface area (TPSA) is 57.0 Å². The Bertz CT molecular complexity index is 942. The summed E-state index contributed by atoms with van der Waals surface area (Å²) in [6, 6.07) is 10.1. The molecule has 0 aliphatic carbocycles. The molecule has 0 aliphatic rings. The third-order valence-electron chi connectivity index (χ3n) is 4.75. The van der Waals surface area contributed by atoms with Crippen LogP contribution in [0.15, 0.2) is 30.3 Å². The number of nitrogens with zero attached hydrogens (tertiary/aromatic N) is 3. The molecule has 0 saturated heterocycles. The molecule has 0 spiro atoms. The molecule has 1 aromatic carbocycles. The van der Waals surface area contributed by atoms with Gasteiger partial charge in [-0.2, -0.15) is 0 Å². The summed E-state index contributed by atoms with van der Waals surface area (Å²) in [4.78, 5) is 21.5. The van der Waals surface area contributed by atoms with E-state index in [1.54, 1.807) is 0 Å². The van der Waals surface area contributed by atoms with Gasteiger partial charge in [0.2, 0.25) is 0 Å². The molecular weight excluding hydrogens is 326 g/mol. The number of carbonyl (C=O) groups excluding carboxylic acids is 1. The number of aromatic nitrogens is 3. The molecule has 0 radical (unpaired) electrons. The highest BCUT2D eigenvalue weighted by atomic mass is 16.5. The maximum absolute atomic E-state index is 12.0. The highest BCUT2D eigenvalue weighted by Gasteiger charge is 2.18. The highest BCUT2D eigenvalue weighted by Crippen LogP contribution is 2.24. The predicted molar refractivity (Wildman–Crippen MR) is 103 cm³/mol. The van der Waals surface area contributed by atoms with Crippen LogP contribution in [0.4, 0.5) is 0 Å². The molecule has 0 fully saturated rings. The number of hydrogen-bond acceptors (Lipinski definition) is 4. The first-order valence-electron chi connectivity index (χ1n) is 9.08. The van der Waals surface area contributed by atoms with E-state index in [-0.39, 0.29) is 11.9 Å². The van der Waals surface area contributed by atoms with Gasteiger partial charge in [0.1, 0.15) is 11.3 Å². The van der Waals surface area contributed by atoms with Gasteiger partial charge in [-0.15, -0.1) is 0 Å². The lowest BCUT2D eigenvalue weighted by atomic mass is 10.0. The lowest BCUT2D eigenvalue weighted by Gasteiger charge is -2.13. The van der Waals surface area contributed by atoms with Gasteiger partial charge >= 0.3 is 5.97 Å². The van der Waals surface area contributed by atoms with Crippen molar-refractivity contribution >= 4 is 17.1 Å². The zero-order chi connectivity index (χ0) is 18.8. The number of fused-ring (bicyclic) bond motifs is 1. The largest absolute Gasteiger partial charge is 0.466 e. The highest BCUT2D eigenvalue weighted by molar-refractivity contribution is 5.78. The van der Waals surface area contributed by atoms with Crippen LogP contribution in [0.3, 0.4) is 0 Å². The van der Waals surface area contributed by atoms with Gasteiger partial charge in [-0.3, -0.25) is 9.36 Å². The lowest BCUT2D eigenvalue weighted by molar-refractivity contribution is -0.144. The summed E-state index contributed by atoms with van der Waals surface area (Å²) in [5, 5.41) is 0. The molecule has 5 heteroatoms. The summed E-state index contributed by atoms with van der Waals surface area (Å²) in [6.45, 7) is 10.2. The normalized spacial score (nSPS) is 12.3. The van der Waals surface area contributed by atoms with Crippen molar-refractivity contribution in [3.05, 3.63) is 53.0 Å². The Kier molecular flexibility index (Phi) is 5.07. The number of hydrogen-bond donors (Lipinski definition) is 0. The fourth-order valence-electron chi connectivity index (χ4n) is 3.06. The van der Waals surface area contributed by atoms with Gasteiger partial charge in [-0.1, -0.05) is 19.1 Å². The van der Waals surface area contributed by atoms with Crippen molar-refractivity contribution < 1.29 is 9.53 Å². The Labute approximate surface area is 154 Å². The van der Waals surface area contributed by atoms with Crippen LogP contribution in [0.1, 0.15) is 49.3 Å². The van der Waals surface area contributed by atoms with Crippen molar-refractivity contribution in [2.75, 3.05) is 6.61 Å². The number of imidazole rings is 1. The first kappa shape index (κ1) is 18.1. The van der Waals surface area contributed by atoms with Crippen molar-refractivity contribution in [1.82, 2.24) is 14.5 Å². The minimum Gasteiger partial charge on any atom is -0.466 e. The Hall–Kier alpha value is -2.69. The molecule has 0 aliphatic heterocycles. The summed E-state index contributed by atoms with van der Waals surface area (Å²) < 4.78 is 7.21. The maximum Gasteiger partial charge on any atom is 0.313 e. The lowest BCUT2D eigenvalue weighted by Crippen LogP contribution is -2.13. The first-order valence-corrected chi connectivity index (χ1v) is 9.08. The van der Waals surface area contributed by atoms with Crippen molar-refractivity contribution in [3.8, 4) is 5.69 Å². The van der Waals surface area contributed by atoms with E-state index >= 15 is 0 Å². The molecule has 0 amide bonds. The van der Waals surface area contributed by atoms with E-state index in [1.165, 1.54) is 0 Å². The van der Waals surface area contributed by atoms with Crippen LogP contribution in [-0.2, 0) is 16.0 Å². The Balaban J connectivity index is 2.04. The van der Waals surface area contributed by atoms with Crippen molar-refractivity contribution in [1.29, 1.82) is 0 Å². The van der Waals surface area contributed by atoms with Crippen LogP contribution in [0.2, 0.25) is 0 Å². The predicted octanol–water partition coefficient (Wildman–Crippen LogP) is 4.27. The second-order valence-corrected chi connectivity index (χ2v) is 6.52. The minimum atomic E-state index is -0.280. The van der Waals surface area contributed by atoms with Gasteiger partial charge in [0, 0.05) is 17.8 Å². The van der Waals surface area contributed by atoms with Gasteiger partial charge in [-0.05, 0) is 57.0 Å². The monoisotopic (exact) mass is 351 g/mol. The smallest absolute Gasteiger partial charge is 0.313 e. The van der Waals surface area contributed by atoms with Gasteiger partial charge in [0.15, 0.2) is 5.65 Å². The molecule has 3 rings (SSSR count). The Morgan fingerprint density at radius 2 is 1.85 bits per heavy atom. The van der Waals surface area contributed by atoms with Crippen LogP contribution in [-0.4, -0.2) is 27.1 Å². The second-order valence-electron chi connectivity index (χ2n) is 6.52. The number of esters is 1. The number of ether oxygens (including phenoxy) is 1.